The molecule has 1 aliphatic heterocycles. The summed E-state index contributed by atoms with van der Waals surface area (Å²) in [4.78, 5) is 31.6. The van der Waals surface area contributed by atoms with Crippen molar-refractivity contribution in [2.24, 2.45) is 0 Å². The smallest absolute Gasteiger partial charge is 0.507 e. The largest absolute Gasteiger partial charge is 0.573 e. The van der Waals surface area contributed by atoms with E-state index in [2.05, 4.69) is 9.72 Å². The van der Waals surface area contributed by atoms with E-state index in [-0.39, 0.29) is 17.0 Å². The number of benzene rings is 2. The molecule has 1 amide bonds. The van der Waals surface area contributed by atoms with Gasteiger partial charge < -0.3 is 9.84 Å². The van der Waals surface area contributed by atoms with E-state index in [1.165, 1.54) is 18.3 Å². The van der Waals surface area contributed by atoms with Crippen molar-refractivity contribution < 1.29 is 32.6 Å². The van der Waals surface area contributed by atoms with E-state index in [0.29, 0.717) is 16.8 Å². The predicted molar refractivity (Wildman–Crippen MR) is 118 cm³/mol. The Morgan fingerprint density at radius 2 is 1.74 bits per heavy atom. The van der Waals surface area contributed by atoms with Crippen molar-refractivity contribution in [2.75, 3.05) is 4.90 Å². The second-order valence-corrected chi connectivity index (χ2v) is 7.78. The molecule has 0 bridgehead atoms. The Bertz CT molecular complexity index is 1290. The average Bonchev–Trinajstić information content (AvgIpc) is 3.06. The van der Waals surface area contributed by atoms with Gasteiger partial charge in [-0.3, -0.25) is 19.5 Å². The van der Waals surface area contributed by atoms with E-state index in [1.54, 1.807) is 37.3 Å². The lowest BCUT2D eigenvalue weighted by atomic mass is 9.95. The molecule has 1 fully saturated rings. The van der Waals surface area contributed by atoms with Crippen LogP contribution in [-0.4, -0.2) is 28.1 Å². The number of pyridine rings is 1. The molecule has 0 aliphatic carbocycles. The SMILES string of the molecule is Cc1ccc(C)c(/C(O)=C2\C(=O)C(=O)N(c3ccc(OC(F)(F)F)cc3)C2c2ccccn2)c1. The highest BCUT2D eigenvalue weighted by atomic mass is 19.4. The maximum absolute atomic E-state index is 13.1. The fraction of sp³-hybridized carbons (Fsp3) is 0.160. The van der Waals surface area contributed by atoms with Gasteiger partial charge in [-0.2, -0.15) is 0 Å². The minimum atomic E-state index is -4.87. The topological polar surface area (TPSA) is 79.7 Å². The zero-order valence-corrected chi connectivity index (χ0v) is 18.1. The first kappa shape index (κ1) is 23.0. The molecule has 174 valence electrons. The van der Waals surface area contributed by atoms with Crippen molar-refractivity contribution in [1.29, 1.82) is 0 Å². The number of ketones is 1. The van der Waals surface area contributed by atoms with Crippen molar-refractivity contribution in [3.05, 3.63) is 94.8 Å². The number of aryl methyl sites for hydroxylation is 2. The number of Topliss-reactive ketones (excluding diaryl/α,β-unsaturated/α-hetero) is 1. The second kappa shape index (κ2) is 8.66. The summed E-state index contributed by atoms with van der Waals surface area (Å²) in [7, 11) is 0. The first-order chi connectivity index (χ1) is 16.1. The molecule has 3 aromatic rings. The van der Waals surface area contributed by atoms with E-state index in [4.69, 9.17) is 0 Å². The first-order valence-electron chi connectivity index (χ1n) is 10.2. The lowest BCUT2D eigenvalue weighted by Crippen LogP contribution is -2.29. The maximum atomic E-state index is 13.1. The summed E-state index contributed by atoms with van der Waals surface area (Å²) in [5, 5.41) is 11.2. The van der Waals surface area contributed by atoms with Crippen LogP contribution in [-0.2, 0) is 9.59 Å². The lowest BCUT2D eigenvalue weighted by molar-refractivity contribution is -0.274. The third kappa shape index (κ3) is 4.36. The Kier molecular flexibility index (Phi) is 5.87. The summed E-state index contributed by atoms with van der Waals surface area (Å²) in [6.07, 6.45) is -3.39. The maximum Gasteiger partial charge on any atom is 0.573 e. The normalized spacial score (nSPS) is 17.8. The van der Waals surface area contributed by atoms with Crippen LogP contribution in [0.1, 0.15) is 28.4 Å². The number of anilines is 1. The van der Waals surface area contributed by atoms with E-state index in [0.717, 1.165) is 22.6 Å². The average molecular weight is 468 g/mol. The number of aliphatic hydroxyl groups is 1. The molecule has 1 saturated heterocycles. The molecule has 9 heteroatoms. The zero-order chi connectivity index (χ0) is 24.6. The minimum Gasteiger partial charge on any atom is -0.507 e. The molecule has 0 spiro atoms. The second-order valence-electron chi connectivity index (χ2n) is 7.78. The van der Waals surface area contributed by atoms with Crippen LogP contribution in [0, 0.1) is 13.8 Å². The molecule has 6 nitrogen and oxygen atoms in total. The fourth-order valence-corrected chi connectivity index (χ4v) is 3.86. The molecular formula is C25H19F3N2O4. The van der Waals surface area contributed by atoms with Gasteiger partial charge in [-0.1, -0.05) is 23.8 Å². The number of hydrogen-bond acceptors (Lipinski definition) is 5. The number of ether oxygens (including phenoxy) is 1. The molecule has 2 heterocycles. The molecule has 4 rings (SSSR count). The highest BCUT2D eigenvalue weighted by molar-refractivity contribution is 6.51. The number of rotatable bonds is 4. The Morgan fingerprint density at radius 3 is 2.35 bits per heavy atom. The highest BCUT2D eigenvalue weighted by Crippen LogP contribution is 2.42. The van der Waals surface area contributed by atoms with Crippen LogP contribution in [0.2, 0.25) is 0 Å². The Labute approximate surface area is 192 Å². The summed E-state index contributed by atoms with van der Waals surface area (Å²) < 4.78 is 41.5. The number of hydrogen-bond donors (Lipinski definition) is 1. The van der Waals surface area contributed by atoms with Crippen LogP contribution in [0.25, 0.3) is 5.76 Å². The monoisotopic (exact) mass is 468 g/mol. The van der Waals surface area contributed by atoms with Crippen molar-refractivity contribution in [1.82, 2.24) is 4.98 Å². The molecule has 1 aromatic heterocycles. The number of carbonyl (C=O) groups is 2. The third-order valence-corrected chi connectivity index (χ3v) is 5.41. The third-order valence-electron chi connectivity index (χ3n) is 5.41. The first-order valence-corrected chi connectivity index (χ1v) is 10.2. The van der Waals surface area contributed by atoms with Gasteiger partial charge in [0.25, 0.3) is 11.7 Å². The van der Waals surface area contributed by atoms with Crippen LogP contribution in [0.3, 0.4) is 0 Å². The molecule has 34 heavy (non-hydrogen) atoms. The van der Waals surface area contributed by atoms with Crippen molar-refractivity contribution in [3.8, 4) is 5.75 Å². The standard InChI is InChI=1S/C25H19F3N2O4/c1-14-6-7-15(2)18(13-14)22(31)20-21(19-5-3-4-12-29-19)30(24(33)23(20)32)16-8-10-17(11-9-16)34-25(26,27)28/h3-13,21,31H,1-2H3/b22-20+. The Morgan fingerprint density at radius 1 is 1.03 bits per heavy atom. The van der Waals surface area contributed by atoms with Gasteiger partial charge in [0.2, 0.25) is 0 Å². The molecule has 2 aromatic carbocycles. The van der Waals surface area contributed by atoms with E-state index < -0.39 is 29.8 Å². The summed E-state index contributed by atoms with van der Waals surface area (Å²) in [5.74, 6) is -2.69. The van der Waals surface area contributed by atoms with Crippen LogP contribution in [0.4, 0.5) is 18.9 Å². The van der Waals surface area contributed by atoms with Gasteiger partial charge in [0.1, 0.15) is 17.6 Å². The number of nitrogens with zero attached hydrogens (tertiary/aromatic N) is 2. The van der Waals surface area contributed by atoms with Gasteiger partial charge in [0.15, 0.2) is 0 Å². The summed E-state index contributed by atoms with van der Waals surface area (Å²) >= 11 is 0. The van der Waals surface area contributed by atoms with Gasteiger partial charge in [-0.05, 0) is 61.9 Å². The van der Waals surface area contributed by atoms with Gasteiger partial charge >= 0.3 is 6.36 Å². The van der Waals surface area contributed by atoms with Crippen LogP contribution >= 0.6 is 0 Å². The molecule has 1 aliphatic rings. The number of halogens is 3. The molecule has 0 radical (unpaired) electrons. The number of carbonyl (C=O) groups excluding carboxylic acids is 2. The Hall–Kier alpha value is -4.14. The quantitative estimate of drug-likeness (QED) is 0.323. The van der Waals surface area contributed by atoms with Gasteiger partial charge in [-0.15, -0.1) is 13.2 Å². The van der Waals surface area contributed by atoms with Gasteiger partial charge in [0, 0.05) is 17.4 Å². The minimum absolute atomic E-state index is 0.146. The number of amides is 1. The number of aliphatic hydroxyl groups excluding tert-OH is 1. The van der Waals surface area contributed by atoms with Crippen molar-refractivity contribution >= 4 is 23.1 Å². The van der Waals surface area contributed by atoms with Crippen LogP contribution in [0.5, 0.6) is 5.75 Å². The fourth-order valence-electron chi connectivity index (χ4n) is 3.86. The molecule has 1 N–H and O–H groups in total. The van der Waals surface area contributed by atoms with Crippen molar-refractivity contribution in [2.45, 2.75) is 26.3 Å². The summed E-state index contributed by atoms with van der Waals surface area (Å²) in [5.41, 5.74) is 2.23. The molecule has 0 saturated carbocycles. The van der Waals surface area contributed by atoms with E-state index >= 15 is 0 Å². The van der Waals surface area contributed by atoms with Gasteiger partial charge in [-0.25, -0.2) is 0 Å². The zero-order valence-electron chi connectivity index (χ0n) is 18.1. The number of aromatic nitrogens is 1. The van der Waals surface area contributed by atoms with Crippen molar-refractivity contribution in [3.63, 3.8) is 0 Å². The lowest BCUT2D eigenvalue weighted by Gasteiger charge is -2.25. The number of alkyl halides is 3. The van der Waals surface area contributed by atoms with Crippen LogP contribution in [0.15, 0.2) is 72.4 Å². The van der Waals surface area contributed by atoms with Gasteiger partial charge in [0.05, 0.1) is 11.3 Å². The summed E-state index contributed by atoms with van der Waals surface area (Å²) in [6, 6.07) is 13.7. The predicted octanol–water partition coefficient (Wildman–Crippen LogP) is 5.22. The molecule has 1 unspecified atom stereocenters. The summed E-state index contributed by atoms with van der Waals surface area (Å²) in [6.45, 7) is 3.59. The van der Waals surface area contributed by atoms with Crippen LogP contribution < -0.4 is 9.64 Å². The molecule has 1 atom stereocenters. The van der Waals surface area contributed by atoms with E-state index in [1.807, 2.05) is 13.0 Å². The van der Waals surface area contributed by atoms with E-state index in [9.17, 15) is 27.9 Å². The highest BCUT2D eigenvalue weighted by Gasteiger charge is 2.47. The molecular weight excluding hydrogens is 449 g/mol. The Balaban J connectivity index is 1.87.